The molecule has 1 aliphatic carbocycles. The van der Waals surface area contributed by atoms with Crippen LogP contribution in [0.4, 0.5) is 0 Å². The zero-order chi connectivity index (χ0) is 20.4. The minimum Gasteiger partial charge on any atom is -0.494 e. The third-order valence-corrected chi connectivity index (χ3v) is 5.66. The first-order chi connectivity index (χ1) is 14.0. The Balaban J connectivity index is 1.46. The van der Waals surface area contributed by atoms with E-state index in [2.05, 4.69) is 20.4 Å². The smallest absolute Gasteiger partial charge is 0.271 e. The van der Waals surface area contributed by atoms with Crippen LogP contribution in [0, 0.1) is 5.92 Å². The molecule has 0 aliphatic heterocycles. The zero-order valence-corrected chi connectivity index (χ0v) is 17.5. The van der Waals surface area contributed by atoms with Crippen molar-refractivity contribution in [1.82, 2.24) is 20.4 Å². The summed E-state index contributed by atoms with van der Waals surface area (Å²) >= 11 is 1.43. The van der Waals surface area contributed by atoms with Gasteiger partial charge in [-0.25, -0.2) is 4.98 Å². The van der Waals surface area contributed by atoms with E-state index in [1.54, 1.807) is 5.38 Å². The molecule has 1 atom stereocenters. The fourth-order valence-corrected chi connectivity index (χ4v) is 3.79. The highest BCUT2D eigenvalue weighted by molar-refractivity contribution is 7.13. The molecule has 29 heavy (non-hydrogen) atoms. The van der Waals surface area contributed by atoms with Crippen LogP contribution in [-0.2, 0) is 0 Å². The first kappa shape index (κ1) is 19.6. The Kier molecular flexibility index (Phi) is 5.62. The number of carbonyl (C=O) groups excluding carboxylic acids is 1. The number of hydrogen-bond acceptors (Lipinski definition) is 7. The molecular weight excluding hydrogens is 388 g/mol. The molecule has 2 aromatic heterocycles. The predicted molar refractivity (Wildman–Crippen MR) is 110 cm³/mol. The molecule has 1 aromatic carbocycles. The quantitative estimate of drug-likeness (QED) is 0.582. The number of hydrogen-bond donors (Lipinski definition) is 1. The van der Waals surface area contributed by atoms with Gasteiger partial charge in [0.05, 0.1) is 6.61 Å². The molecule has 3 aromatic rings. The summed E-state index contributed by atoms with van der Waals surface area (Å²) in [6.07, 6.45) is 2.20. The lowest BCUT2D eigenvalue weighted by atomic mass is 10.0. The molecule has 1 N–H and O–H groups in total. The van der Waals surface area contributed by atoms with Crippen LogP contribution in [0.1, 0.15) is 67.8 Å². The molecule has 0 radical (unpaired) electrons. The van der Waals surface area contributed by atoms with Crippen LogP contribution in [0.15, 0.2) is 34.2 Å². The second-order valence-electron chi connectivity index (χ2n) is 7.46. The topological polar surface area (TPSA) is 90.1 Å². The minimum atomic E-state index is -0.349. The third-order valence-electron chi connectivity index (χ3n) is 4.77. The lowest BCUT2D eigenvalue weighted by Gasteiger charge is -2.17. The predicted octanol–water partition coefficient (Wildman–Crippen LogP) is 4.60. The average molecular weight is 413 g/mol. The van der Waals surface area contributed by atoms with Crippen molar-refractivity contribution in [3.05, 3.63) is 47.1 Å². The van der Waals surface area contributed by atoms with Gasteiger partial charge >= 0.3 is 0 Å². The lowest BCUT2D eigenvalue weighted by Crippen LogP contribution is -2.32. The van der Waals surface area contributed by atoms with E-state index in [0.29, 0.717) is 24.1 Å². The Morgan fingerprint density at radius 3 is 2.69 bits per heavy atom. The molecular formula is C21H24N4O3S. The van der Waals surface area contributed by atoms with Crippen LogP contribution in [0.3, 0.4) is 0 Å². The van der Waals surface area contributed by atoms with Crippen molar-refractivity contribution in [3.8, 4) is 16.3 Å². The summed E-state index contributed by atoms with van der Waals surface area (Å²) in [7, 11) is 0. The fourth-order valence-electron chi connectivity index (χ4n) is 2.98. The van der Waals surface area contributed by atoms with E-state index < -0.39 is 0 Å². The molecule has 1 saturated carbocycles. The van der Waals surface area contributed by atoms with Crippen molar-refractivity contribution in [1.29, 1.82) is 0 Å². The molecule has 8 heteroatoms. The normalized spacial score (nSPS) is 14.8. The number of ether oxygens (including phenoxy) is 1. The second-order valence-corrected chi connectivity index (χ2v) is 8.31. The van der Waals surface area contributed by atoms with Gasteiger partial charge in [0.25, 0.3) is 5.91 Å². The minimum absolute atomic E-state index is 0.107. The molecule has 4 rings (SSSR count). The Bertz CT molecular complexity index is 976. The Morgan fingerprint density at radius 1 is 1.28 bits per heavy atom. The molecule has 1 unspecified atom stereocenters. The van der Waals surface area contributed by atoms with Crippen molar-refractivity contribution >= 4 is 17.2 Å². The van der Waals surface area contributed by atoms with Gasteiger partial charge in [0, 0.05) is 16.9 Å². The zero-order valence-electron chi connectivity index (χ0n) is 16.7. The van der Waals surface area contributed by atoms with Crippen LogP contribution in [-0.4, -0.2) is 27.6 Å². The number of thiazole rings is 1. The van der Waals surface area contributed by atoms with Crippen molar-refractivity contribution in [3.63, 3.8) is 0 Å². The van der Waals surface area contributed by atoms with Gasteiger partial charge < -0.3 is 14.6 Å². The molecule has 1 fully saturated rings. The summed E-state index contributed by atoms with van der Waals surface area (Å²) in [6.45, 7) is 6.60. The second kappa shape index (κ2) is 8.32. The molecule has 1 aliphatic rings. The fraction of sp³-hybridized carbons (Fsp3) is 0.429. The molecule has 2 heterocycles. The summed E-state index contributed by atoms with van der Waals surface area (Å²) in [4.78, 5) is 21.8. The van der Waals surface area contributed by atoms with Gasteiger partial charge in [-0.05, 0) is 49.9 Å². The van der Waals surface area contributed by atoms with E-state index in [9.17, 15) is 4.79 Å². The largest absolute Gasteiger partial charge is 0.494 e. The summed E-state index contributed by atoms with van der Waals surface area (Å²) in [6, 6.07) is 7.35. The van der Waals surface area contributed by atoms with Gasteiger partial charge in [-0.15, -0.1) is 11.3 Å². The number of nitrogens with one attached hydrogen (secondary N) is 1. The Labute approximate surface area is 173 Å². The van der Waals surface area contributed by atoms with Crippen molar-refractivity contribution in [2.75, 3.05) is 6.61 Å². The van der Waals surface area contributed by atoms with Gasteiger partial charge in [0.15, 0.2) is 5.82 Å². The molecule has 0 bridgehead atoms. The monoisotopic (exact) mass is 412 g/mol. The highest BCUT2D eigenvalue weighted by Crippen LogP contribution is 2.38. The van der Waals surface area contributed by atoms with E-state index in [1.165, 1.54) is 11.3 Å². The standard InChI is InChI=1S/C21H24N4O3S/c1-4-27-15-9-7-14(8-10-15)21-22-16(11-29-21)19(26)23-17(12(2)3)20-24-18(25-28-20)13-5-6-13/h7-13,17H,4-6H2,1-3H3,(H,23,26). The SMILES string of the molecule is CCOc1ccc(-c2nc(C(=O)NC(c3nc(C4CC4)no3)C(C)C)cs2)cc1. The van der Waals surface area contributed by atoms with Crippen molar-refractivity contribution < 1.29 is 14.1 Å². The number of rotatable bonds is 8. The first-order valence-corrected chi connectivity index (χ1v) is 10.8. The van der Waals surface area contributed by atoms with Gasteiger partial charge in [0.2, 0.25) is 5.89 Å². The number of carbonyl (C=O) groups is 1. The molecule has 0 saturated heterocycles. The number of aromatic nitrogens is 3. The van der Waals surface area contributed by atoms with Gasteiger partial charge in [-0.3, -0.25) is 4.79 Å². The Morgan fingerprint density at radius 2 is 2.03 bits per heavy atom. The molecule has 7 nitrogen and oxygen atoms in total. The highest BCUT2D eigenvalue weighted by Gasteiger charge is 2.32. The summed E-state index contributed by atoms with van der Waals surface area (Å²) < 4.78 is 10.9. The summed E-state index contributed by atoms with van der Waals surface area (Å²) in [5.74, 6) is 2.28. The molecule has 1 amide bonds. The van der Waals surface area contributed by atoms with E-state index in [4.69, 9.17) is 9.26 Å². The van der Waals surface area contributed by atoms with E-state index in [-0.39, 0.29) is 17.9 Å². The van der Waals surface area contributed by atoms with Crippen LogP contribution < -0.4 is 10.1 Å². The maximum atomic E-state index is 12.8. The van der Waals surface area contributed by atoms with Crippen molar-refractivity contribution in [2.24, 2.45) is 5.92 Å². The van der Waals surface area contributed by atoms with Crippen LogP contribution >= 0.6 is 11.3 Å². The number of amides is 1. The lowest BCUT2D eigenvalue weighted by molar-refractivity contribution is 0.0909. The first-order valence-electron chi connectivity index (χ1n) is 9.88. The maximum Gasteiger partial charge on any atom is 0.271 e. The van der Waals surface area contributed by atoms with Gasteiger partial charge in [-0.1, -0.05) is 19.0 Å². The van der Waals surface area contributed by atoms with E-state index in [0.717, 1.165) is 35.0 Å². The maximum absolute atomic E-state index is 12.8. The van der Waals surface area contributed by atoms with Crippen LogP contribution in [0.5, 0.6) is 5.75 Å². The summed E-state index contributed by atoms with van der Waals surface area (Å²) in [5.41, 5.74) is 1.33. The summed E-state index contributed by atoms with van der Waals surface area (Å²) in [5, 5.41) is 9.62. The molecule has 0 spiro atoms. The highest BCUT2D eigenvalue weighted by atomic mass is 32.1. The van der Waals surface area contributed by atoms with E-state index >= 15 is 0 Å². The van der Waals surface area contributed by atoms with Crippen LogP contribution in [0.2, 0.25) is 0 Å². The van der Waals surface area contributed by atoms with Crippen molar-refractivity contribution in [2.45, 2.75) is 45.6 Å². The third kappa shape index (κ3) is 4.48. The van der Waals surface area contributed by atoms with E-state index in [1.807, 2.05) is 45.0 Å². The Hall–Kier alpha value is -2.74. The number of benzene rings is 1. The molecule has 152 valence electrons. The average Bonchev–Trinajstić information content (AvgIpc) is 3.25. The van der Waals surface area contributed by atoms with Gasteiger partial charge in [-0.2, -0.15) is 4.98 Å². The van der Waals surface area contributed by atoms with Gasteiger partial charge in [0.1, 0.15) is 22.5 Å². The number of nitrogens with zero attached hydrogens (tertiary/aromatic N) is 3. The van der Waals surface area contributed by atoms with Crippen LogP contribution in [0.25, 0.3) is 10.6 Å².